The zero-order chi connectivity index (χ0) is 22.7. The van der Waals surface area contributed by atoms with E-state index in [2.05, 4.69) is 35.9 Å². The third-order valence-corrected chi connectivity index (χ3v) is 8.05. The van der Waals surface area contributed by atoms with E-state index in [0.717, 1.165) is 34.9 Å². The Hall–Kier alpha value is -3.37. The second kappa shape index (κ2) is 6.81. The van der Waals surface area contributed by atoms with Crippen molar-refractivity contribution in [3.8, 4) is 17.9 Å². The maximum Gasteiger partial charge on any atom is 0.178 e. The summed E-state index contributed by atoms with van der Waals surface area (Å²) >= 11 is 0. The van der Waals surface area contributed by atoms with Crippen LogP contribution in [0.25, 0.3) is 10.9 Å². The van der Waals surface area contributed by atoms with E-state index in [4.69, 9.17) is 0 Å². The molecule has 0 saturated heterocycles. The van der Waals surface area contributed by atoms with Crippen LogP contribution in [0.3, 0.4) is 0 Å². The number of benzene rings is 1. The van der Waals surface area contributed by atoms with Crippen LogP contribution in [-0.4, -0.2) is 16.6 Å². The molecule has 3 atom stereocenters. The van der Waals surface area contributed by atoms with Gasteiger partial charge in [-0.25, -0.2) is 0 Å². The molecule has 3 aliphatic carbocycles. The van der Waals surface area contributed by atoms with Gasteiger partial charge in [-0.15, -0.1) is 0 Å². The van der Waals surface area contributed by atoms with Gasteiger partial charge >= 0.3 is 0 Å². The number of hydrogen-bond acceptors (Lipinski definition) is 3. The van der Waals surface area contributed by atoms with Crippen molar-refractivity contribution in [3.63, 3.8) is 0 Å². The molecule has 1 heterocycles. The lowest BCUT2D eigenvalue weighted by Crippen LogP contribution is -2.53. The van der Waals surface area contributed by atoms with Crippen LogP contribution in [0.5, 0.6) is 0 Å². The number of hydrogen-bond donors (Lipinski definition) is 1. The van der Waals surface area contributed by atoms with Gasteiger partial charge in [0, 0.05) is 39.9 Å². The van der Waals surface area contributed by atoms with Crippen molar-refractivity contribution < 1.29 is 9.59 Å². The van der Waals surface area contributed by atoms with Crippen LogP contribution in [0.15, 0.2) is 53.8 Å². The monoisotopic (exact) mass is 422 g/mol. The van der Waals surface area contributed by atoms with Crippen molar-refractivity contribution in [1.29, 1.82) is 5.26 Å². The Morgan fingerprint density at radius 1 is 1.12 bits per heavy atom. The quantitative estimate of drug-likeness (QED) is 0.588. The van der Waals surface area contributed by atoms with E-state index in [1.54, 1.807) is 6.08 Å². The number of aromatic amines is 1. The maximum absolute atomic E-state index is 13.0. The number of ketones is 2. The second-order valence-corrected chi connectivity index (χ2v) is 10.2. The van der Waals surface area contributed by atoms with Gasteiger partial charge in [0.15, 0.2) is 11.6 Å². The van der Waals surface area contributed by atoms with Crippen molar-refractivity contribution in [3.05, 3.63) is 59.3 Å². The third kappa shape index (κ3) is 2.83. The van der Waals surface area contributed by atoms with Gasteiger partial charge in [-0.05, 0) is 61.1 Å². The van der Waals surface area contributed by atoms with Crippen LogP contribution in [0, 0.1) is 45.3 Å². The first kappa shape index (κ1) is 20.5. The molecule has 0 aliphatic heterocycles. The van der Waals surface area contributed by atoms with Crippen molar-refractivity contribution in [2.24, 2.45) is 22.2 Å². The fourth-order valence-corrected chi connectivity index (χ4v) is 6.41. The average molecular weight is 423 g/mol. The minimum Gasteiger partial charge on any atom is -0.361 e. The van der Waals surface area contributed by atoms with E-state index < -0.39 is 16.2 Å². The number of rotatable bonds is 0. The lowest BCUT2D eigenvalue weighted by Gasteiger charge is -2.57. The number of Topliss-reactive ketones (excluding diaryl/α,β-unsaturated/α-hetero) is 1. The Morgan fingerprint density at radius 3 is 2.72 bits per heavy atom. The van der Waals surface area contributed by atoms with E-state index in [-0.39, 0.29) is 23.1 Å². The zero-order valence-electron chi connectivity index (χ0n) is 18.7. The van der Waals surface area contributed by atoms with Crippen molar-refractivity contribution in [2.75, 3.05) is 0 Å². The van der Waals surface area contributed by atoms with Gasteiger partial charge in [-0.2, -0.15) is 5.26 Å². The summed E-state index contributed by atoms with van der Waals surface area (Å²) in [6.07, 6.45) is 8.34. The van der Waals surface area contributed by atoms with Gasteiger partial charge < -0.3 is 4.98 Å². The molecule has 160 valence electrons. The van der Waals surface area contributed by atoms with Crippen molar-refractivity contribution in [1.82, 2.24) is 4.98 Å². The Morgan fingerprint density at radius 2 is 1.94 bits per heavy atom. The summed E-state index contributed by atoms with van der Waals surface area (Å²) in [5.74, 6) is 7.03. The topological polar surface area (TPSA) is 73.7 Å². The SMILES string of the molecule is CC1(C)C(=O)C(C#N)=CC2(C)C3=CC(=O)CCC3(C#Cc3ccc4[nH]ccc4c3)CCC12. The smallest absolute Gasteiger partial charge is 0.178 e. The molecule has 32 heavy (non-hydrogen) atoms. The van der Waals surface area contributed by atoms with Crippen LogP contribution in [-0.2, 0) is 9.59 Å². The lowest BCUT2D eigenvalue weighted by molar-refractivity contribution is -0.130. The number of aromatic nitrogens is 1. The highest BCUT2D eigenvalue weighted by atomic mass is 16.1. The maximum atomic E-state index is 13.0. The van der Waals surface area contributed by atoms with Crippen LogP contribution in [0.2, 0.25) is 0 Å². The molecule has 1 fully saturated rings. The molecule has 0 spiro atoms. The fourth-order valence-electron chi connectivity index (χ4n) is 6.41. The molecule has 5 rings (SSSR count). The number of nitrogens with one attached hydrogen (secondary N) is 1. The Bertz CT molecular complexity index is 1340. The zero-order valence-corrected chi connectivity index (χ0v) is 18.7. The highest BCUT2D eigenvalue weighted by molar-refractivity contribution is 6.04. The van der Waals surface area contributed by atoms with Crippen LogP contribution in [0.1, 0.15) is 52.0 Å². The van der Waals surface area contributed by atoms with Crippen LogP contribution < -0.4 is 0 Å². The first-order chi connectivity index (χ1) is 15.2. The Kier molecular flexibility index (Phi) is 4.37. The lowest BCUT2D eigenvalue weighted by atomic mass is 9.45. The van der Waals surface area contributed by atoms with E-state index in [1.807, 2.05) is 44.3 Å². The average Bonchev–Trinajstić information content (AvgIpc) is 3.24. The molecule has 1 N–H and O–H groups in total. The minimum absolute atomic E-state index is 0.0304. The Balaban J connectivity index is 1.65. The second-order valence-electron chi connectivity index (χ2n) is 10.2. The highest BCUT2D eigenvalue weighted by Crippen LogP contribution is 2.64. The van der Waals surface area contributed by atoms with Crippen molar-refractivity contribution >= 4 is 22.5 Å². The standard InChI is InChI=1S/C28H26N2O2/c1-26(2)23-8-12-28(10-6-18-4-5-22-19(14-18)9-13-30-22)11-7-21(31)15-24(28)27(23,3)16-20(17-29)25(26)32/h4-5,9,13-16,23,30H,7-8,11-12H2,1-3H3. The minimum atomic E-state index is -0.658. The summed E-state index contributed by atoms with van der Waals surface area (Å²) in [6.45, 7) is 5.98. The largest absolute Gasteiger partial charge is 0.361 e. The summed E-state index contributed by atoms with van der Waals surface area (Å²) in [7, 11) is 0. The Labute approximate surface area is 188 Å². The normalized spacial score (nSPS) is 30.9. The van der Waals surface area contributed by atoms with Gasteiger partial charge in [0.25, 0.3) is 0 Å². The fraction of sp³-hybridized carbons (Fsp3) is 0.393. The highest BCUT2D eigenvalue weighted by Gasteiger charge is 2.59. The number of H-pyrrole nitrogens is 1. The van der Waals surface area contributed by atoms with E-state index >= 15 is 0 Å². The molecule has 0 bridgehead atoms. The van der Waals surface area contributed by atoms with E-state index in [0.29, 0.717) is 12.8 Å². The molecule has 1 aromatic carbocycles. The molecule has 3 aliphatic rings. The first-order valence-corrected chi connectivity index (χ1v) is 11.2. The predicted molar refractivity (Wildman–Crippen MR) is 123 cm³/mol. The van der Waals surface area contributed by atoms with E-state index in [1.165, 1.54) is 0 Å². The first-order valence-electron chi connectivity index (χ1n) is 11.2. The molecule has 3 unspecified atom stereocenters. The molecular formula is C28H26N2O2. The summed E-state index contributed by atoms with van der Waals surface area (Å²) in [6, 6.07) is 10.3. The van der Waals surface area contributed by atoms with Crippen LogP contribution in [0.4, 0.5) is 0 Å². The summed E-state index contributed by atoms with van der Waals surface area (Å²) in [5, 5.41) is 10.8. The third-order valence-electron chi connectivity index (χ3n) is 8.05. The number of allylic oxidation sites excluding steroid dienone is 4. The molecule has 0 radical (unpaired) electrons. The number of nitrogens with zero attached hydrogens (tertiary/aromatic N) is 1. The van der Waals surface area contributed by atoms with Crippen molar-refractivity contribution in [2.45, 2.75) is 46.5 Å². The van der Waals surface area contributed by atoms with Crippen LogP contribution >= 0.6 is 0 Å². The molecule has 1 saturated carbocycles. The molecule has 4 heteroatoms. The predicted octanol–water partition coefficient (Wildman–Crippen LogP) is 5.27. The van der Waals surface area contributed by atoms with E-state index in [9.17, 15) is 14.9 Å². The molecule has 1 aromatic heterocycles. The number of carbonyl (C=O) groups excluding carboxylic acids is 2. The molecule has 0 amide bonds. The van der Waals surface area contributed by atoms with Gasteiger partial charge in [-0.1, -0.05) is 38.7 Å². The summed E-state index contributed by atoms with van der Waals surface area (Å²) < 4.78 is 0. The number of carbonyl (C=O) groups is 2. The van der Waals surface area contributed by atoms with Gasteiger partial charge in [0.2, 0.25) is 0 Å². The summed E-state index contributed by atoms with van der Waals surface area (Å²) in [4.78, 5) is 28.7. The number of fused-ring (bicyclic) bond motifs is 4. The molecular weight excluding hydrogens is 396 g/mol. The number of nitriles is 1. The van der Waals surface area contributed by atoms with Gasteiger partial charge in [0.05, 0.1) is 11.0 Å². The van der Waals surface area contributed by atoms with Gasteiger partial charge in [0.1, 0.15) is 6.07 Å². The summed E-state index contributed by atoms with van der Waals surface area (Å²) in [5.41, 5.74) is 1.59. The molecule has 2 aromatic rings. The van der Waals surface area contributed by atoms with Gasteiger partial charge in [-0.3, -0.25) is 9.59 Å². The molecule has 4 nitrogen and oxygen atoms in total.